The summed E-state index contributed by atoms with van der Waals surface area (Å²) in [6.45, 7) is 1.44. The Hall–Kier alpha value is -4.75. The van der Waals surface area contributed by atoms with E-state index in [0.29, 0.717) is 40.9 Å². The highest BCUT2D eigenvalue weighted by atomic mass is 16.2. The number of nitrogen functional groups attached to an aromatic ring is 1. The first kappa shape index (κ1) is 24.0. The molecule has 2 aliphatic heterocycles. The van der Waals surface area contributed by atoms with Crippen molar-refractivity contribution in [2.75, 3.05) is 5.73 Å². The Morgan fingerprint density at radius 3 is 2.32 bits per heavy atom. The van der Waals surface area contributed by atoms with Crippen molar-refractivity contribution in [3.8, 4) is 11.1 Å². The molecule has 3 aromatic heterocycles. The van der Waals surface area contributed by atoms with Gasteiger partial charge in [0, 0.05) is 41.5 Å². The summed E-state index contributed by atoms with van der Waals surface area (Å²) in [5.41, 5.74) is 19.9. The van der Waals surface area contributed by atoms with Crippen LogP contribution in [0.15, 0.2) is 23.6 Å². The Morgan fingerprint density at radius 1 is 1.11 bits per heavy atom. The van der Waals surface area contributed by atoms with Crippen molar-refractivity contribution < 1.29 is 14.4 Å². The molecule has 0 radical (unpaired) electrons. The number of piperidine rings is 1. The first-order valence-corrected chi connectivity index (χ1v) is 11.7. The van der Waals surface area contributed by atoms with Gasteiger partial charge in [-0.05, 0) is 32.6 Å². The van der Waals surface area contributed by atoms with E-state index in [1.165, 1.54) is 23.8 Å². The summed E-state index contributed by atoms with van der Waals surface area (Å²) >= 11 is 0. The third-order valence-corrected chi connectivity index (χ3v) is 7.02. The summed E-state index contributed by atoms with van der Waals surface area (Å²) in [7, 11) is 0. The Kier molecular flexibility index (Phi) is 5.85. The lowest BCUT2D eigenvalue weighted by Crippen LogP contribution is -2.50. The molecule has 0 aromatic carbocycles. The van der Waals surface area contributed by atoms with E-state index in [0.717, 1.165) is 19.2 Å². The lowest BCUT2D eigenvalue weighted by Gasteiger charge is -2.39. The Bertz CT molecular complexity index is 1460. The van der Waals surface area contributed by atoms with Gasteiger partial charge < -0.3 is 22.1 Å². The summed E-state index contributed by atoms with van der Waals surface area (Å²) in [6.07, 6.45) is 7.92. The van der Waals surface area contributed by atoms with Crippen LogP contribution < -0.4 is 17.2 Å². The van der Waals surface area contributed by atoms with Gasteiger partial charge in [0.2, 0.25) is 5.82 Å². The Morgan fingerprint density at radius 2 is 1.76 bits per heavy atom. The number of carbonyl (C=O) groups excluding carboxylic acids is 3. The molecule has 7 N–H and O–H groups in total. The molecule has 14 heteroatoms. The molecular formula is C23H25N11O3. The van der Waals surface area contributed by atoms with Crippen LogP contribution in [0.25, 0.3) is 16.8 Å². The van der Waals surface area contributed by atoms with E-state index in [1.807, 2.05) is 0 Å². The van der Waals surface area contributed by atoms with Crippen molar-refractivity contribution in [2.24, 2.45) is 16.5 Å². The largest absolute Gasteiger partial charge is 0.383 e. The number of ketones is 1. The van der Waals surface area contributed by atoms with Crippen molar-refractivity contribution in [2.45, 2.75) is 50.6 Å². The molecule has 3 aromatic rings. The van der Waals surface area contributed by atoms with Gasteiger partial charge in [0.25, 0.3) is 11.8 Å². The number of Topliss-reactive ketones (excluding diaryl/α,β-unsaturated/α-hetero) is 1. The van der Waals surface area contributed by atoms with Gasteiger partial charge in [-0.1, -0.05) is 0 Å². The van der Waals surface area contributed by atoms with E-state index >= 15 is 0 Å². The number of nitrogens with one attached hydrogen (secondary N) is 1. The predicted octanol–water partition coefficient (Wildman–Crippen LogP) is 0.271. The number of nitrogens with zero attached hydrogens (tertiary/aromatic N) is 7. The van der Waals surface area contributed by atoms with Gasteiger partial charge in [0.05, 0.1) is 17.5 Å². The normalized spacial score (nSPS) is 21.3. The Labute approximate surface area is 210 Å². The number of aromatic nitrogens is 5. The Balaban J connectivity index is 1.56. The van der Waals surface area contributed by atoms with Crippen molar-refractivity contribution in [3.63, 3.8) is 0 Å². The number of hydrogen-bond donors (Lipinski definition) is 4. The molecule has 14 nitrogen and oxygen atoms in total. The maximum atomic E-state index is 12.9. The number of primary amides is 1. The zero-order chi connectivity index (χ0) is 26.4. The van der Waals surface area contributed by atoms with Gasteiger partial charge in [-0.3, -0.25) is 19.8 Å². The molecule has 2 unspecified atom stereocenters. The van der Waals surface area contributed by atoms with Crippen LogP contribution in [0.5, 0.6) is 0 Å². The second-order valence-corrected chi connectivity index (χ2v) is 9.18. The number of aliphatic imine (C=N–C) groups is 1. The number of hydrogen-bond acceptors (Lipinski definition) is 9. The number of nitrogens with two attached hydrogens (primary N) is 3. The van der Waals surface area contributed by atoms with Crippen molar-refractivity contribution in [3.05, 3.63) is 35.7 Å². The summed E-state index contributed by atoms with van der Waals surface area (Å²) in [5, 5.41) is 11.4. The fraction of sp³-hybridized carbons (Fsp3) is 0.348. The van der Waals surface area contributed by atoms with Gasteiger partial charge in [-0.2, -0.15) is 9.61 Å². The fourth-order valence-corrected chi connectivity index (χ4v) is 5.48. The smallest absolute Gasteiger partial charge is 0.289 e. The molecule has 2 aliphatic rings. The highest BCUT2D eigenvalue weighted by molar-refractivity contribution is 6.38. The number of anilines is 1. The molecule has 2 saturated heterocycles. The van der Waals surface area contributed by atoms with E-state index in [2.05, 4.69) is 20.1 Å². The second-order valence-electron chi connectivity index (χ2n) is 9.18. The maximum Gasteiger partial charge on any atom is 0.289 e. The molecule has 0 aliphatic carbocycles. The zero-order valence-corrected chi connectivity index (χ0v) is 20.0. The summed E-state index contributed by atoms with van der Waals surface area (Å²) in [6, 6.07) is -0.206. The van der Waals surface area contributed by atoms with Crippen LogP contribution in [-0.2, 0) is 4.79 Å². The van der Waals surface area contributed by atoms with E-state index in [9.17, 15) is 14.4 Å². The minimum Gasteiger partial charge on any atom is -0.383 e. The maximum absolute atomic E-state index is 12.9. The SMILES string of the molecule is CC(=O)c1c(C2CC3CC[C@@H](C2)N3C(=O)C(N)=NC=N)nc2c(-c3cnc(C(N)=O)nc3)cnn2c1N. The molecule has 3 atom stereocenters. The summed E-state index contributed by atoms with van der Waals surface area (Å²) < 4.78 is 1.40. The predicted molar refractivity (Wildman–Crippen MR) is 133 cm³/mol. The lowest BCUT2D eigenvalue weighted by atomic mass is 9.85. The number of amides is 2. The lowest BCUT2D eigenvalue weighted by molar-refractivity contribution is -0.128. The van der Waals surface area contributed by atoms with E-state index in [1.54, 1.807) is 11.1 Å². The van der Waals surface area contributed by atoms with E-state index in [4.69, 9.17) is 27.6 Å². The number of carbonyl (C=O) groups is 3. The molecule has 2 amide bonds. The molecule has 0 saturated carbocycles. The van der Waals surface area contributed by atoms with Gasteiger partial charge in [0.1, 0.15) is 12.2 Å². The second kappa shape index (κ2) is 9.04. The highest BCUT2D eigenvalue weighted by Crippen LogP contribution is 2.44. The van der Waals surface area contributed by atoms with Crippen LogP contribution in [0.3, 0.4) is 0 Å². The van der Waals surface area contributed by atoms with Gasteiger partial charge in [-0.15, -0.1) is 0 Å². The molecule has 37 heavy (non-hydrogen) atoms. The van der Waals surface area contributed by atoms with Crippen molar-refractivity contribution >= 4 is 41.2 Å². The van der Waals surface area contributed by atoms with Crippen LogP contribution in [0.1, 0.15) is 65.2 Å². The van der Waals surface area contributed by atoms with Crippen molar-refractivity contribution in [1.29, 1.82) is 5.41 Å². The topological polar surface area (TPSA) is 225 Å². The molecule has 190 valence electrons. The molecule has 5 rings (SSSR count). The first-order valence-electron chi connectivity index (χ1n) is 11.7. The van der Waals surface area contributed by atoms with E-state index in [-0.39, 0.29) is 47.2 Å². The van der Waals surface area contributed by atoms with Crippen LogP contribution in [0.2, 0.25) is 0 Å². The van der Waals surface area contributed by atoms with E-state index < -0.39 is 5.91 Å². The molecule has 0 spiro atoms. The van der Waals surface area contributed by atoms with Gasteiger partial charge >= 0.3 is 0 Å². The monoisotopic (exact) mass is 503 g/mol. The van der Waals surface area contributed by atoms with Gasteiger partial charge in [0.15, 0.2) is 17.3 Å². The molecule has 2 bridgehead atoms. The molecule has 2 fully saturated rings. The molecule has 5 heterocycles. The zero-order valence-electron chi connectivity index (χ0n) is 20.0. The fourth-order valence-electron chi connectivity index (χ4n) is 5.48. The first-order chi connectivity index (χ1) is 17.7. The van der Waals surface area contributed by atoms with Crippen LogP contribution in [-0.4, -0.2) is 71.3 Å². The van der Waals surface area contributed by atoms with Crippen LogP contribution in [0, 0.1) is 5.41 Å². The van der Waals surface area contributed by atoms with Crippen LogP contribution in [0.4, 0.5) is 5.82 Å². The standard InChI is InChI=1S/C23H25N11O3/c1-10(35)16-17(11-4-13-2-3-14(5-11)33(13)23(37)18(25)30-9-24)32-22-15(8-31-34(22)19(16)26)12-6-28-21(20(27)36)29-7-12/h6-9,11,13-14H,2-5,26H2,1H3,(H2,27,36)(H3,24,25,30)/t11?,13-,14?/m0/s1. The molecular weight excluding hydrogens is 478 g/mol. The summed E-state index contributed by atoms with van der Waals surface area (Å²) in [4.78, 5) is 55.2. The van der Waals surface area contributed by atoms with Crippen LogP contribution >= 0.6 is 0 Å². The number of rotatable bonds is 5. The third-order valence-electron chi connectivity index (χ3n) is 7.02. The number of amidine groups is 1. The average Bonchev–Trinajstić information content (AvgIpc) is 3.41. The minimum absolute atomic E-state index is 0.103. The highest BCUT2D eigenvalue weighted by Gasteiger charge is 2.45. The van der Waals surface area contributed by atoms with Gasteiger partial charge in [-0.25, -0.2) is 19.9 Å². The minimum atomic E-state index is -0.743. The van der Waals surface area contributed by atoms with Crippen molar-refractivity contribution in [1.82, 2.24) is 29.5 Å². The summed E-state index contributed by atoms with van der Waals surface area (Å²) in [5.74, 6) is -1.66. The average molecular weight is 504 g/mol. The number of fused-ring (bicyclic) bond motifs is 3. The quantitative estimate of drug-likeness (QED) is 0.212. The third kappa shape index (κ3) is 3.95.